The molecule has 0 saturated heterocycles. The summed E-state index contributed by atoms with van der Waals surface area (Å²) in [4.78, 5) is 27.0. The molecular weight excluding hydrogens is 312 g/mol. The van der Waals surface area contributed by atoms with E-state index < -0.39 is 5.91 Å². The summed E-state index contributed by atoms with van der Waals surface area (Å²) in [6.45, 7) is 3.86. The molecule has 2 aromatic rings. The van der Waals surface area contributed by atoms with Gasteiger partial charge in [-0.2, -0.15) is 4.98 Å². The number of nitrogens with zero attached hydrogens (tertiary/aromatic N) is 2. The first-order valence-corrected chi connectivity index (χ1v) is 7.43. The first kappa shape index (κ1) is 15.7. The summed E-state index contributed by atoms with van der Waals surface area (Å²) in [5, 5.41) is 9.04. The van der Waals surface area contributed by atoms with Gasteiger partial charge in [-0.3, -0.25) is 9.59 Å². The van der Waals surface area contributed by atoms with Crippen LogP contribution in [0.5, 0.6) is 5.75 Å². The van der Waals surface area contributed by atoms with E-state index in [1.54, 1.807) is 12.1 Å². The number of benzene rings is 1. The monoisotopic (exact) mass is 328 g/mol. The lowest BCUT2D eigenvalue weighted by Gasteiger charge is -2.17. The van der Waals surface area contributed by atoms with Crippen LogP contribution >= 0.6 is 0 Å². The second-order valence-corrected chi connectivity index (χ2v) is 5.17. The van der Waals surface area contributed by atoms with Gasteiger partial charge >= 0.3 is 11.8 Å². The molecule has 0 radical (unpaired) electrons. The van der Waals surface area contributed by atoms with Crippen LogP contribution in [0.4, 0.5) is 5.69 Å². The predicted molar refractivity (Wildman–Crippen MR) is 84.6 cm³/mol. The molecule has 0 saturated carbocycles. The lowest BCUT2D eigenvalue weighted by atomic mass is 10.0. The van der Waals surface area contributed by atoms with E-state index in [1.807, 2.05) is 12.1 Å². The summed E-state index contributed by atoms with van der Waals surface area (Å²) in [5.41, 5.74) is 1.82. The minimum atomic E-state index is -0.467. The van der Waals surface area contributed by atoms with Crippen molar-refractivity contribution in [2.45, 2.75) is 19.4 Å². The van der Waals surface area contributed by atoms with E-state index in [9.17, 15) is 9.59 Å². The van der Waals surface area contributed by atoms with Crippen molar-refractivity contribution in [1.29, 1.82) is 0 Å². The molecule has 3 rings (SSSR count). The Labute approximate surface area is 137 Å². The molecule has 1 aromatic heterocycles. The van der Waals surface area contributed by atoms with Gasteiger partial charge in [0.25, 0.3) is 0 Å². The minimum Gasteiger partial charge on any atom is -0.485 e. The molecule has 24 heavy (non-hydrogen) atoms. The van der Waals surface area contributed by atoms with Gasteiger partial charge < -0.3 is 19.9 Å². The zero-order valence-electron chi connectivity index (χ0n) is 12.9. The first-order valence-electron chi connectivity index (χ1n) is 7.43. The molecule has 0 bridgehead atoms. The van der Waals surface area contributed by atoms with E-state index in [1.165, 1.54) is 0 Å². The second kappa shape index (κ2) is 6.95. The van der Waals surface area contributed by atoms with Crippen LogP contribution in [-0.2, 0) is 17.8 Å². The van der Waals surface area contributed by atoms with E-state index in [4.69, 9.17) is 9.26 Å². The molecule has 1 aliphatic rings. The molecular formula is C16H16N4O4. The number of carbonyl (C=O) groups excluding carboxylic acids is 2. The lowest BCUT2D eigenvalue weighted by Crippen LogP contribution is -2.23. The van der Waals surface area contributed by atoms with Crippen LogP contribution in [0.1, 0.15) is 28.5 Å². The summed E-state index contributed by atoms with van der Waals surface area (Å²) < 4.78 is 10.5. The Balaban J connectivity index is 1.61. The van der Waals surface area contributed by atoms with Gasteiger partial charge in [-0.15, -0.1) is 6.58 Å². The highest BCUT2D eigenvalue weighted by Crippen LogP contribution is 2.27. The summed E-state index contributed by atoms with van der Waals surface area (Å²) in [7, 11) is 0. The molecule has 0 atom stereocenters. The molecule has 2 N–H and O–H groups in total. The van der Waals surface area contributed by atoms with Crippen LogP contribution in [0.25, 0.3) is 0 Å². The fourth-order valence-electron chi connectivity index (χ4n) is 2.23. The molecule has 2 amide bonds. The standard InChI is InChI=1S/C16H16N4O4/c1-2-7-17-15(22)16-19-13(20-24-16)9-23-11-5-3-10-4-6-14(21)18-12(10)8-11/h2-3,5,8H,1,4,6-7,9H2,(H,17,22)(H,18,21). The summed E-state index contributed by atoms with van der Waals surface area (Å²) in [5.74, 6) is 0.213. The second-order valence-electron chi connectivity index (χ2n) is 5.17. The molecule has 0 fully saturated rings. The number of anilines is 1. The van der Waals surface area contributed by atoms with Crippen molar-refractivity contribution in [3.05, 3.63) is 48.1 Å². The van der Waals surface area contributed by atoms with Crippen LogP contribution in [0, 0.1) is 0 Å². The van der Waals surface area contributed by atoms with Gasteiger partial charge in [-0.05, 0) is 18.1 Å². The Morgan fingerprint density at radius 1 is 1.46 bits per heavy atom. The fraction of sp³-hybridized carbons (Fsp3) is 0.250. The number of rotatable bonds is 6. The van der Waals surface area contributed by atoms with Crippen LogP contribution in [-0.4, -0.2) is 28.5 Å². The first-order chi connectivity index (χ1) is 11.7. The zero-order valence-corrected chi connectivity index (χ0v) is 12.9. The number of ether oxygens (including phenoxy) is 1. The van der Waals surface area contributed by atoms with Crippen LogP contribution in [0.2, 0.25) is 0 Å². The van der Waals surface area contributed by atoms with E-state index in [-0.39, 0.29) is 24.2 Å². The van der Waals surface area contributed by atoms with Gasteiger partial charge in [0.05, 0.1) is 0 Å². The van der Waals surface area contributed by atoms with Crippen LogP contribution < -0.4 is 15.4 Å². The smallest absolute Gasteiger partial charge is 0.316 e. The third-order valence-corrected chi connectivity index (χ3v) is 3.41. The third-order valence-electron chi connectivity index (χ3n) is 3.41. The maximum Gasteiger partial charge on any atom is 0.316 e. The largest absolute Gasteiger partial charge is 0.485 e. The van der Waals surface area contributed by atoms with Crippen molar-refractivity contribution in [2.75, 3.05) is 11.9 Å². The molecule has 124 valence electrons. The van der Waals surface area contributed by atoms with Gasteiger partial charge in [0, 0.05) is 24.7 Å². The average Bonchev–Trinajstić information content (AvgIpc) is 3.06. The van der Waals surface area contributed by atoms with Gasteiger partial charge in [0.2, 0.25) is 11.7 Å². The molecule has 0 unspecified atom stereocenters. The van der Waals surface area contributed by atoms with Gasteiger partial charge in [0.1, 0.15) is 5.75 Å². The number of aryl methyl sites for hydroxylation is 1. The molecule has 0 aliphatic carbocycles. The van der Waals surface area contributed by atoms with Gasteiger partial charge in [-0.1, -0.05) is 17.3 Å². The van der Waals surface area contributed by atoms with Crippen molar-refractivity contribution in [3.63, 3.8) is 0 Å². The number of amides is 2. The number of nitrogens with one attached hydrogen (secondary N) is 2. The maximum atomic E-state index is 11.6. The van der Waals surface area contributed by atoms with Crippen molar-refractivity contribution in [3.8, 4) is 5.75 Å². The van der Waals surface area contributed by atoms with Crippen molar-refractivity contribution >= 4 is 17.5 Å². The van der Waals surface area contributed by atoms with Gasteiger partial charge in [0.15, 0.2) is 6.61 Å². The number of aromatic nitrogens is 2. The quantitative estimate of drug-likeness (QED) is 0.777. The Morgan fingerprint density at radius 2 is 2.33 bits per heavy atom. The van der Waals surface area contributed by atoms with Gasteiger partial charge in [-0.25, -0.2) is 0 Å². The minimum absolute atomic E-state index is 0.00648. The van der Waals surface area contributed by atoms with Crippen LogP contribution in [0.3, 0.4) is 0 Å². The van der Waals surface area contributed by atoms with Crippen molar-refractivity contribution in [2.24, 2.45) is 0 Å². The molecule has 1 aromatic carbocycles. The van der Waals surface area contributed by atoms with E-state index in [0.29, 0.717) is 18.7 Å². The predicted octanol–water partition coefficient (Wildman–Crippen LogP) is 1.45. The Hall–Kier alpha value is -3.16. The highest BCUT2D eigenvalue weighted by Gasteiger charge is 2.16. The van der Waals surface area contributed by atoms with Crippen LogP contribution in [0.15, 0.2) is 35.4 Å². The van der Waals surface area contributed by atoms with E-state index in [0.717, 1.165) is 17.7 Å². The topological polar surface area (TPSA) is 106 Å². The molecule has 8 nitrogen and oxygen atoms in total. The normalized spacial score (nSPS) is 12.9. The summed E-state index contributed by atoms with van der Waals surface area (Å²) in [6, 6.07) is 5.48. The summed E-state index contributed by atoms with van der Waals surface area (Å²) >= 11 is 0. The molecule has 8 heteroatoms. The zero-order chi connectivity index (χ0) is 16.9. The fourth-order valence-corrected chi connectivity index (χ4v) is 2.23. The average molecular weight is 328 g/mol. The third kappa shape index (κ3) is 3.60. The van der Waals surface area contributed by atoms with Crippen molar-refractivity contribution < 1.29 is 18.8 Å². The highest BCUT2D eigenvalue weighted by molar-refractivity contribution is 5.94. The SMILES string of the molecule is C=CCNC(=O)c1nc(COc2ccc3c(c2)NC(=O)CC3)no1. The summed E-state index contributed by atoms with van der Waals surface area (Å²) in [6.07, 6.45) is 2.76. The molecule has 2 heterocycles. The molecule has 0 spiro atoms. The van der Waals surface area contributed by atoms with E-state index in [2.05, 4.69) is 27.4 Å². The van der Waals surface area contributed by atoms with Crippen molar-refractivity contribution in [1.82, 2.24) is 15.5 Å². The Bertz CT molecular complexity index is 784. The number of hydrogen-bond donors (Lipinski definition) is 2. The number of fused-ring (bicyclic) bond motifs is 1. The Morgan fingerprint density at radius 3 is 3.17 bits per heavy atom. The maximum absolute atomic E-state index is 11.6. The Kier molecular flexibility index (Phi) is 4.55. The number of hydrogen-bond acceptors (Lipinski definition) is 6. The molecule has 1 aliphatic heterocycles. The van der Waals surface area contributed by atoms with E-state index >= 15 is 0 Å². The lowest BCUT2D eigenvalue weighted by molar-refractivity contribution is -0.116. The number of carbonyl (C=O) groups is 2. The highest BCUT2D eigenvalue weighted by atomic mass is 16.5.